The molecule has 0 heterocycles. The first kappa shape index (κ1) is 17.6. The Morgan fingerprint density at radius 1 is 0.960 bits per heavy atom. The molecule has 1 aliphatic rings. The molecule has 1 aliphatic carbocycles. The fourth-order valence-corrected chi connectivity index (χ4v) is 3.95. The van der Waals surface area contributed by atoms with Gasteiger partial charge < -0.3 is 9.47 Å². The Balaban J connectivity index is 1.66. The Labute approximate surface area is 149 Å². The highest BCUT2D eigenvalue weighted by atomic mass is 32.2. The molecular weight excluding hydrogens is 338 g/mol. The molecule has 0 unspecified atom stereocenters. The van der Waals surface area contributed by atoms with Crippen LogP contribution in [0, 0.1) is 0 Å². The first-order chi connectivity index (χ1) is 12.1. The zero-order chi connectivity index (χ0) is 17.7. The number of hydrogen-bond acceptors (Lipinski definition) is 4. The van der Waals surface area contributed by atoms with Crippen LogP contribution in [-0.2, 0) is 10.0 Å². The van der Waals surface area contributed by atoms with Gasteiger partial charge in [-0.25, -0.2) is 8.42 Å². The molecular formula is C19H23NO4S. The van der Waals surface area contributed by atoms with Gasteiger partial charge in [-0.15, -0.1) is 0 Å². The van der Waals surface area contributed by atoms with Crippen molar-refractivity contribution in [3.8, 4) is 11.5 Å². The fraction of sp³-hybridized carbons (Fsp3) is 0.368. The predicted octanol–water partition coefficient (Wildman–Crippen LogP) is 4.21. The van der Waals surface area contributed by atoms with Gasteiger partial charge in [0, 0.05) is 5.69 Å². The molecule has 2 aromatic rings. The lowest BCUT2D eigenvalue weighted by molar-refractivity contribution is 0.210. The molecule has 0 spiro atoms. The summed E-state index contributed by atoms with van der Waals surface area (Å²) in [5.74, 6) is 1.42. The number of hydrogen-bond donors (Lipinski definition) is 1. The second kappa shape index (κ2) is 7.78. The van der Waals surface area contributed by atoms with Crippen LogP contribution in [0.2, 0.25) is 0 Å². The second-order valence-electron chi connectivity index (χ2n) is 6.06. The average molecular weight is 361 g/mol. The van der Waals surface area contributed by atoms with Crippen molar-refractivity contribution in [1.82, 2.24) is 0 Å². The zero-order valence-electron chi connectivity index (χ0n) is 14.3. The number of rotatable bonds is 7. The van der Waals surface area contributed by atoms with Gasteiger partial charge in [-0.1, -0.05) is 0 Å². The molecule has 2 aromatic carbocycles. The molecule has 5 nitrogen and oxygen atoms in total. The molecule has 0 amide bonds. The fourth-order valence-electron chi connectivity index (χ4n) is 2.90. The molecule has 0 atom stereocenters. The minimum Gasteiger partial charge on any atom is -0.494 e. The van der Waals surface area contributed by atoms with E-state index in [1.54, 1.807) is 48.5 Å². The van der Waals surface area contributed by atoms with Crippen LogP contribution in [0.25, 0.3) is 0 Å². The summed E-state index contributed by atoms with van der Waals surface area (Å²) in [6, 6.07) is 13.4. The SMILES string of the molecule is CCOc1ccc(NS(=O)(=O)c2ccc(OC3CCCC3)cc2)cc1. The molecule has 3 rings (SSSR count). The van der Waals surface area contributed by atoms with Crippen LogP contribution < -0.4 is 14.2 Å². The molecule has 0 radical (unpaired) electrons. The highest BCUT2D eigenvalue weighted by molar-refractivity contribution is 7.92. The predicted molar refractivity (Wildman–Crippen MR) is 97.7 cm³/mol. The van der Waals surface area contributed by atoms with Crippen molar-refractivity contribution >= 4 is 15.7 Å². The van der Waals surface area contributed by atoms with Gasteiger partial charge in [-0.2, -0.15) is 0 Å². The first-order valence-electron chi connectivity index (χ1n) is 8.59. The monoisotopic (exact) mass is 361 g/mol. The minimum atomic E-state index is -3.63. The van der Waals surface area contributed by atoms with Crippen molar-refractivity contribution in [3.05, 3.63) is 48.5 Å². The smallest absolute Gasteiger partial charge is 0.261 e. The minimum absolute atomic E-state index is 0.208. The average Bonchev–Trinajstić information content (AvgIpc) is 3.10. The number of benzene rings is 2. The number of ether oxygens (including phenoxy) is 2. The van der Waals surface area contributed by atoms with E-state index >= 15 is 0 Å². The number of anilines is 1. The quantitative estimate of drug-likeness (QED) is 0.802. The van der Waals surface area contributed by atoms with Crippen molar-refractivity contribution < 1.29 is 17.9 Å². The molecule has 1 N–H and O–H groups in total. The molecule has 25 heavy (non-hydrogen) atoms. The highest BCUT2D eigenvalue weighted by Crippen LogP contribution is 2.25. The van der Waals surface area contributed by atoms with Crippen molar-refractivity contribution in [2.75, 3.05) is 11.3 Å². The van der Waals surface area contributed by atoms with Gasteiger partial charge in [0.05, 0.1) is 17.6 Å². The van der Waals surface area contributed by atoms with Gasteiger partial charge in [0.1, 0.15) is 11.5 Å². The van der Waals surface area contributed by atoms with Crippen LogP contribution >= 0.6 is 0 Å². The van der Waals surface area contributed by atoms with Crippen molar-refractivity contribution in [2.45, 2.75) is 43.6 Å². The Kier molecular flexibility index (Phi) is 5.48. The van der Waals surface area contributed by atoms with E-state index < -0.39 is 10.0 Å². The van der Waals surface area contributed by atoms with E-state index in [0.717, 1.165) is 12.8 Å². The summed E-state index contributed by atoms with van der Waals surface area (Å²) < 4.78 is 38.8. The standard InChI is InChI=1S/C19H23NO4S/c1-2-23-16-9-7-15(8-10-16)20-25(21,22)19-13-11-18(12-14-19)24-17-5-3-4-6-17/h7-14,17,20H,2-6H2,1H3. The lowest BCUT2D eigenvalue weighted by Gasteiger charge is -2.14. The maximum absolute atomic E-state index is 12.5. The van der Waals surface area contributed by atoms with Gasteiger partial charge in [0.2, 0.25) is 0 Å². The molecule has 0 bridgehead atoms. The third kappa shape index (κ3) is 4.66. The molecule has 0 aromatic heterocycles. The highest BCUT2D eigenvalue weighted by Gasteiger charge is 2.18. The molecule has 1 saturated carbocycles. The summed E-state index contributed by atoms with van der Waals surface area (Å²) in [6.45, 7) is 2.47. The second-order valence-corrected chi connectivity index (χ2v) is 7.74. The normalized spacial score (nSPS) is 15.1. The van der Waals surface area contributed by atoms with E-state index in [0.29, 0.717) is 23.8 Å². The molecule has 134 valence electrons. The van der Waals surface area contributed by atoms with E-state index in [1.807, 2.05) is 6.92 Å². The van der Waals surface area contributed by atoms with Crippen molar-refractivity contribution in [3.63, 3.8) is 0 Å². The Morgan fingerprint density at radius 2 is 1.56 bits per heavy atom. The number of sulfonamides is 1. The summed E-state index contributed by atoms with van der Waals surface area (Å²) in [6.07, 6.45) is 4.79. The van der Waals surface area contributed by atoms with Crippen LogP contribution in [0.15, 0.2) is 53.4 Å². The van der Waals surface area contributed by atoms with Crippen LogP contribution in [0.1, 0.15) is 32.6 Å². The third-order valence-corrected chi connectivity index (χ3v) is 5.55. The summed E-state index contributed by atoms with van der Waals surface area (Å²) in [5, 5.41) is 0. The summed E-state index contributed by atoms with van der Waals surface area (Å²) in [4.78, 5) is 0.208. The van der Waals surface area contributed by atoms with Crippen molar-refractivity contribution in [1.29, 1.82) is 0 Å². The number of nitrogens with one attached hydrogen (secondary N) is 1. The topological polar surface area (TPSA) is 64.6 Å². The van der Waals surface area contributed by atoms with Crippen molar-refractivity contribution in [2.24, 2.45) is 0 Å². The lowest BCUT2D eigenvalue weighted by Crippen LogP contribution is -2.13. The van der Waals surface area contributed by atoms with Gasteiger partial charge in [-0.3, -0.25) is 4.72 Å². The van der Waals surface area contributed by atoms with Gasteiger partial charge in [0.25, 0.3) is 10.0 Å². The Hall–Kier alpha value is -2.21. The molecule has 0 aliphatic heterocycles. The summed E-state index contributed by atoms with van der Waals surface area (Å²) in [5.41, 5.74) is 0.495. The van der Waals surface area contributed by atoms with Crippen LogP contribution in [0.3, 0.4) is 0 Å². The van der Waals surface area contributed by atoms with E-state index in [-0.39, 0.29) is 11.0 Å². The van der Waals surface area contributed by atoms with Gasteiger partial charge in [-0.05, 0) is 81.1 Å². The third-order valence-electron chi connectivity index (χ3n) is 4.16. The molecule has 1 fully saturated rings. The molecule has 0 saturated heterocycles. The lowest BCUT2D eigenvalue weighted by atomic mass is 10.3. The van der Waals surface area contributed by atoms with Gasteiger partial charge in [0.15, 0.2) is 0 Å². The first-order valence-corrected chi connectivity index (χ1v) is 10.1. The Morgan fingerprint density at radius 3 is 2.16 bits per heavy atom. The van der Waals surface area contributed by atoms with Crippen LogP contribution in [-0.4, -0.2) is 21.1 Å². The van der Waals surface area contributed by atoms with E-state index in [9.17, 15) is 8.42 Å². The van der Waals surface area contributed by atoms with Crippen LogP contribution in [0.4, 0.5) is 5.69 Å². The zero-order valence-corrected chi connectivity index (χ0v) is 15.1. The van der Waals surface area contributed by atoms with E-state index in [2.05, 4.69) is 4.72 Å². The summed E-state index contributed by atoms with van der Waals surface area (Å²) >= 11 is 0. The summed E-state index contributed by atoms with van der Waals surface area (Å²) in [7, 11) is -3.63. The van der Waals surface area contributed by atoms with E-state index in [1.165, 1.54) is 12.8 Å². The van der Waals surface area contributed by atoms with E-state index in [4.69, 9.17) is 9.47 Å². The van der Waals surface area contributed by atoms with Gasteiger partial charge >= 0.3 is 0 Å². The van der Waals surface area contributed by atoms with Crippen LogP contribution in [0.5, 0.6) is 11.5 Å². The maximum Gasteiger partial charge on any atom is 0.261 e. The Bertz CT molecular complexity index is 779. The largest absolute Gasteiger partial charge is 0.494 e. The molecule has 6 heteroatoms. The maximum atomic E-state index is 12.5.